The topological polar surface area (TPSA) is 91.3 Å². The van der Waals surface area contributed by atoms with Gasteiger partial charge in [0, 0.05) is 19.3 Å². The van der Waals surface area contributed by atoms with Gasteiger partial charge in [-0.1, -0.05) is 0 Å². The normalized spacial score (nSPS) is 15.1. The van der Waals surface area contributed by atoms with Crippen LogP contribution in [0.2, 0.25) is 0 Å². The molecule has 1 saturated heterocycles. The first-order chi connectivity index (χ1) is 13.5. The molecule has 4 heterocycles. The Labute approximate surface area is 164 Å². The molecule has 0 saturated carbocycles. The molecule has 1 aliphatic rings. The zero-order valence-corrected chi connectivity index (χ0v) is 15.8. The van der Waals surface area contributed by atoms with Crippen LogP contribution >= 0.6 is 11.3 Å². The summed E-state index contributed by atoms with van der Waals surface area (Å²) in [5, 5.41) is 4.96. The third-order valence-electron chi connectivity index (χ3n) is 4.52. The van der Waals surface area contributed by atoms with Gasteiger partial charge in [-0.25, -0.2) is 14.4 Å². The number of nitrogens with zero attached hydrogens (tertiary/aromatic N) is 5. The van der Waals surface area contributed by atoms with Gasteiger partial charge in [0.15, 0.2) is 5.69 Å². The first-order valence-corrected chi connectivity index (χ1v) is 9.54. The summed E-state index contributed by atoms with van der Waals surface area (Å²) in [5.41, 5.74) is 1.59. The van der Waals surface area contributed by atoms with Gasteiger partial charge in [0.1, 0.15) is 5.82 Å². The molecule has 3 aromatic heterocycles. The Balaban J connectivity index is 1.63. The maximum atomic E-state index is 13.4. The lowest BCUT2D eigenvalue weighted by atomic mass is 10.1. The summed E-state index contributed by atoms with van der Waals surface area (Å²) in [6.45, 7) is 3.04. The Morgan fingerprint density at radius 3 is 2.96 bits per heavy atom. The molecule has 8 nitrogen and oxygen atoms in total. The van der Waals surface area contributed by atoms with Gasteiger partial charge in [-0.3, -0.25) is 14.6 Å². The number of hydrogen-bond donors (Lipinski definition) is 1. The smallest absolute Gasteiger partial charge is 0.275 e. The van der Waals surface area contributed by atoms with Crippen molar-refractivity contribution in [3.63, 3.8) is 0 Å². The second kappa shape index (κ2) is 7.47. The molecule has 1 aliphatic heterocycles. The molecule has 144 valence electrons. The standard InChI is InChI=1S/C18H17FN6O2S/c1-11(12-6-13(19)8-20-7-12)21-18-22-14-2-5-28-16(14)15(23-18)17(27)25-4-3-24(9-25)10-26/h2,5-8,10-11H,3-4,9H2,1H3,(H,21,22,23). The van der Waals surface area contributed by atoms with E-state index in [-0.39, 0.29) is 24.6 Å². The third kappa shape index (κ3) is 3.50. The molecule has 2 amide bonds. The van der Waals surface area contributed by atoms with Crippen LogP contribution in [0.5, 0.6) is 0 Å². The van der Waals surface area contributed by atoms with Crippen LogP contribution in [-0.2, 0) is 4.79 Å². The Kier molecular flexibility index (Phi) is 4.86. The minimum absolute atomic E-state index is 0.243. The Hall–Kier alpha value is -3.14. The first-order valence-electron chi connectivity index (χ1n) is 8.66. The van der Waals surface area contributed by atoms with E-state index in [4.69, 9.17) is 0 Å². The number of hydrogen-bond acceptors (Lipinski definition) is 7. The van der Waals surface area contributed by atoms with Gasteiger partial charge in [0.2, 0.25) is 12.4 Å². The molecule has 10 heteroatoms. The number of anilines is 1. The van der Waals surface area contributed by atoms with Crippen molar-refractivity contribution >= 4 is 39.8 Å². The molecule has 1 unspecified atom stereocenters. The summed E-state index contributed by atoms with van der Waals surface area (Å²) in [4.78, 5) is 39.8. The molecular weight excluding hydrogens is 383 g/mol. The summed E-state index contributed by atoms with van der Waals surface area (Å²) in [6.07, 6.45) is 3.43. The quantitative estimate of drug-likeness (QED) is 0.661. The zero-order chi connectivity index (χ0) is 19.7. The summed E-state index contributed by atoms with van der Waals surface area (Å²) in [5.74, 6) is -0.398. The average molecular weight is 400 g/mol. The predicted octanol–water partition coefficient (Wildman–Crippen LogP) is 2.27. The first kappa shape index (κ1) is 18.2. The van der Waals surface area contributed by atoms with Crippen LogP contribution in [0.3, 0.4) is 0 Å². The van der Waals surface area contributed by atoms with Crippen LogP contribution in [0, 0.1) is 5.82 Å². The maximum Gasteiger partial charge on any atom is 0.275 e. The number of fused-ring (bicyclic) bond motifs is 1. The lowest BCUT2D eigenvalue weighted by Crippen LogP contribution is -2.31. The van der Waals surface area contributed by atoms with E-state index in [9.17, 15) is 14.0 Å². The van der Waals surface area contributed by atoms with Gasteiger partial charge in [-0.05, 0) is 30.0 Å². The number of pyridine rings is 1. The number of thiophene rings is 1. The fraction of sp³-hybridized carbons (Fsp3) is 0.278. The highest BCUT2D eigenvalue weighted by Crippen LogP contribution is 2.26. The van der Waals surface area contributed by atoms with Crippen LogP contribution in [0.15, 0.2) is 29.9 Å². The van der Waals surface area contributed by atoms with Crippen molar-refractivity contribution < 1.29 is 14.0 Å². The van der Waals surface area contributed by atoms with E-state index in [1.807, 2.05) is 18.4 Å². The predicted molar refractivity (Wildman–Crippen MR) is 102 cm³/mol. The van der Waals surface area contributed by atoms with E-state index in [2.05, 4.69) is 20.3 Å². The van der Waals surface area contributed by atoms with Gasteiger partial charge >= 0.3 is 0 Å². The van der Waals surface area contributed by atoms with E-state index >= 15 is 0 Å². The molecule has 1 atom stereocenters. The van der Waals surface area contributed by atoms with Crippen LogP contribution in [0.1, 0.15) is 29.0 Å². The summed E-state index contributed by atoms with van der Waals surface area (Å²) in [7, 11) is 0. The molecule has 0 spiro atoms. The van der Waals surface area contributed by atoms with Gasteiger partial charge in [0.25, 0.3) is 5.91 Å². The van der Waals surface area contributed by atoms with Crippen molar-refractivity contribution in [3.8, 4) is 0 Å². The Morgan fingerprint density at radius 1 is 1.36 bits per heavy atom. The van der Waals surface area contributed by atoms with E-state index in [0.717, 1.165) is 12.6 Å². The lowest BCUT2D eigenvalue weighted by molar-refractivity contribution is -0.117. The van der Waals surface area contributed by atoms with Gasteiger partial charge in [-0.2, -0.15) is 0 Å². The number of nitrogens with one attached hydrogen (secondary N) is 1. The van der Waals surface area contributed by atoms with Crippen molar-refractivity contribution in [2.75, 3.05) is 25.1 Å². The molecule has 28 heavy (non-hydrogen) atoms. The molecule has 0 radical (unpaired) electrons. The molecule has 0 aliphatic carbocycles. The molecule has 1 N–H and O–H groups in total. The van der Waals surface area contributed by atoms with Crippen molar-refractivity contribution in [1.29, 1.82) is 0 Å². The van der Waals surface area contributed by atoms with Gasteiger partial charge < -0.3 is 15.1 Å². The highest BCUT2D eigenvalue weighted by atomic mass is 32.1. The minimum atomic E-state index is -0.426. The Bertz CT molecular complexity index is 1040. The molecular formula is C18H17FN6O2S. The van der Waals surface area contributed by atoms with E-state index < -0.39 is 5.82 Å². The SMILES string of the molecule is CC(Nc1nc(C(=O)N2CCN(C=O)C2)c2sccc2n1)c1cncc(F)c1. The monoisotopic (exact) mass is 400 g/mol. The highest BCUT2D eigenvalue weighted by Gasteiger charge is 2.27. The average Bonchev–Trinajstić information content (AvgIpc) is 3.36. The zero-order valence-electron chi connectivity index (χ0n) is 15.0. The second-order valence-corrected chi connectivity index (χ2v) is 7.38. The fourth-order valence-corrected chi connectivity index (χ4v) is 3.84. The molecule has 1 fully saturated rings. The van der Waals surface area contributed by atoms with Crippen molar-refractivity contribution in [3.05, 3.63) is 47.0 Å². The fourth-order valence-electron chi connectivity index (χ4n) is 3.03. The van der Waals surface area contributed by atoms with Gasteiger partial charge in [-0.15, -0.1) is 11.3 Å². The van der Waals surface area contributed by atoms with Crippen molar-refractivity contribution in [2.45, 2.75) is 13.0 Å². The molecule has 3 aromatic rings. The molecule has 0 aromatic carbocycles. The number of halogens is 1. The number of carbonyl (C=O) groups excluding carboxylic acids is 2. The maximum absolute atomic E-state index is 13.4. The van der Waals surface area contributed by atoms with E-state index in [0.29, 0.717) is 34.6 Å². The van der Waals surface area contributed by atoms with E-state index in [1.165, 1.54) is 22.3 Å². The Morgan fingerprint density at radius 2 is 2.21 bits per heavy atom. The van der Waals surface area contributed by atoms with Crippen LogP contribution in [0.25, 0.3) is 10.2 Å². The van der Waals surface area contributed by atoms with Crippen LogP contribution < -0.4 is 5.32 Å². The van der Waals surface area contributed by atoms with Crippen LogP contribution in [0.4, 0.5) is 10.3 Å². The second-order valence-electron chi connectivity index (χ2n) is 6.46. The van der Waals surface area contributed by atoms with Crippen molar-refractivity contribution in [1.82, 2.24) is 24.8 Å². The number of rotatable bonds is 5. The number of amides is 2. The third-order valence-corrected chi connectivity index (χ3v) is 5.43. The van der Waals surface area contributed by atoms with E-state index in [1.54, 1.807) is 11.1 Å². The number of aromatic nitrogens is 3. The number of carbonyl (C=O) groups is 2. The summed E-state index contributed by atoms with van der Waals surface area (Å²) >= 11 is 1.39. The molecule has 4 rings (SSSR count). The van der Waals surface area contributed by atoms with Crippen LogP contribution in [-0.4, -0.2) is 56.8 Å². The van der Waals surface area contributed by atoms with Gasteiger partial charge in [0.05, 0.1) is 29.1 Å². The summed E-state index contributed by atoms with van der Waals surface area (Å²) < 4.78 is 14.1. The highest BCUT2D eigenvalue weighted by molar-refractivity contribution is 7.17. The summed E-state index contributed by atoms with van der Waals surface area (Å²) in [6, 6.07) is 2.90. The minimum Gasteiger partial charge on any atom is -0.348 e. The van der Waals surface area contributed by atoms with Crippen molar-refractivity contribution in [2.24, 2.45) is 0 Å². The lowest BCUT2D eigenvalue weighted by Gasteiger charge is -2.17. The largest absolute Gasteiger partial charge is 0.348 e. The molecule has 0 bridgehead atoms.